The van der Waals surface area contributed by atoms with Gasteiger partial charge in [0.2, 0.25) is 0 Å². The fourth-order valence-electron chi connectivity index (χ4n) is 2.93. The van der Waals surface area contributed by atoms with Gasteiger partial charge in [-0.3, -0.25) is 15.0 Å². The highest BCUT2D eigenvalue weighted by Crippen LogP contribution is 2.36. The van der Waals surface area contributed by atoms with Crippen LogP contribution in [0, 0.1) is 0 Å². The van der Waals surface area contributed by atoms with Gasteiger partial charge in [0.05, 0.1) is 18.0 Å². The zero-order valence-electron chi connectivity index (χ0n) is 17.2. The Morgan fingerprint density at radius 3 is 2.69 bits per heavy atom. The highest BCUT2D eigenvalue weighted by Gasteiger charge is 2.31. The Morgan fingerprint density at radius 2 is 1.97 bits per heavy atom. The van der Waals surface area contributed by atoms with Crippen LogP contribution >= 0.6 is 0 Å². The van der Waals surface area contributed by atoms with Crippen molar-refractivity contribution < 1.29 is 34.1 Å². The first-order valence-electron chi connectivity index (χ1n) is 9.50. The second-order valence-electron chi connectivity index (χ2n) is 6.52. The quantitative estimate of drug-likeness (QED) is 0.257. The summed E-state index contributed by atoms with van der Waals surface area (Å²) in [6.07, 6.45) is -1.45. The molecule has 0 aliphatic carbocycles. The number of aromatic hydroxyl groups is 1. The van der Waals surface area contributed by atoms with Crippen molar-refractivity contribution in [3.05, 3.63) is 42.5 Å². The van der Waals surface area contributed by atoms with Crippen molar-refractivity contribution in [2.45, 2.75) is 13.8 Å². The Morgan fingerprint density at radius 1 is 1.22 bits per heavy atom. The Labute approximate surface area is 182 Å². The van der Waals surface area contributed by atoms with Gasteiger partial charge in [0, 0.05) is 5.56 Å². The molecule has 1 amide bonds. The average molecular weight is 440 g/mol. The summed E-state index contributed by atoms with van der Waals surface area (Å²) in [5.74, 6) is -1.26. The number of hydrazone groups is 2. The van der Waals surface area contributed by atoms with Crippen LogP contribution in [0.15, 0.2) is 52.7 Å². The van der Waals surface area contributed by atoms with E-state index in [4.69, 9.17) is 9.84 Å². The van der Waals surface area contributed by atoms with E-state index in [9.17, 15) is 19.5 Å². The lowest BCUT2D eigenvalue weighted by atomic mass is 10.0. The minimum atomic E-state index is -1.45. The van der Waals surface area contributed by atoms with Crippen LogP contribution in [-0.4, -0.2) is 57.8 Å². The molecule has 2 aromatic rings. The van der Waals surface area contributed by atoms with Crippen molar-refractivity contribution in [1.29, 1.82) is 0 Å². The number of phenols is 1. The lowest BCUT2D eigenvalue weighted by molar-refractivity contribution is -0.147. The third kappa shape index (κ3) is 5.01. The molecule has 2 aromatic carbocycles. The zero-order valence-corrected chi connectivity index (χ0v) is 17.2. The fourth-order valence-corrected chi connectivity index (χ4v) is 2.93. The fraction of sp³-hybridized carbons (Fsp3) is 0.190. The second kappa shape index (κ2) is 9.60. The molecule has 11 nitrogen and oxygen atoms in total. The van der Waals surface area contributed by atoms with Crippen LogP contribution in [-0.2, 0) is 14.3 Å². The van der Waals surface area contributed by atoms with Gasteiger partial charge in [-0.1, -0.05) is 24.3 Å². The summed E-state index contributed by atoms with van der Waals surface area (Å²) >= 11 is 0. The van der Waals surface area contributed by atoms with Gasteiger partial charge in [-0.05, 0) is 37.6 Å². The van der Waals surface area contributed by atoms with Crippen molar-refractivity contribution in [3.63, 3.8) is 0 Å². The molecule has 1 aliphatic heterocycles. The SMILES string of the molecule is CCOC(=O)CN1N=C(C)C(=NNc2cccc(-c3cccc(OC(=O)O)c3)c2O)C1=O. The third-order valence-corrected chi connectivity index (χ3v) is 4.31. The number of carboxylic acid groups (broad SMARTS) is 1. The van der Waals surface area contributed by atoms with Crippen LogP contribution in [0.5, 0.6) is 11.5 Å². The number of amides is 1. The summed E-state index contributed by atoms with van der Waals surface area (Å²) in [7, 11) is 0. The van der Waals surface area contributed by atoms with Crippen LogP contribution in [0.1, 0.15) is 13.8 Å². The van der Waals surface area contributed by atoms with Gasteiger partial charge < -0.3 is 19.7 Å². The topological polar surface area (TPSA) is 150 Å². The van der Waals surface area contributed by atoms with Crippen molar-refractivity contribution in [1.82, 2.24) is 5.01 Å². The third-order valence-electron chi connectivity index (χ3n) is 4.31. The Balaban J connectivity index is 1.80. The van der Waals surface area contributed by atoms with E-state index >= 15 is 0 Å². The molecule has 0 fully saturated rings. The summed E-state index contributed by atoms with van der Waals surface area (Å²) < 4.78 is 9.47. The van der Waals surface area contributed by atoms with Gasteiger partial charge in [0.15, 0.2) is 5.71 Å². The maximum Gasteiger partial charge on any atom is 0.511 e. The Kier molecular flexibility index (Phi) is 6.68. The summed E-state index contributed by atoms with van der Waals surface area (Å²) in [4.78, 5) is 34.9. The number of carbonyl (C=O) groups is 3. The van der Waals surface area contributed by atoms with Gasteiger partial charge in [-0.15, -0.1) is 0 Å². The molecule has 0 saturated carbocycles. The monoisotopic (exact) mass is 440 g/mol. The molecule has 0 bridgehead atoms. The number of nitrogens with one attached hydrogen (secondary N) is 1. The van der Waals surface area contributed by atoms with E-state index in [2.05, 4.69) is 20.4 Å². The minimum Gasteiger partial charge on any atom is -0.505 e. The summed E-state index contributed by atoms with van der Waals surface area (Å²) in [5, 5.41) is 28.5. The first-order valence-corrected chi connectivity index (χ1v) is 9.50. The van der Waals surface area contributed by atoms with Gasteiger partial charge in [-0.25, -0.2) is 9.80 Å². The molecule has 0 spiro atoms. The number of esters is 1. The predicted octanol–water partition coefficient (Wildman–Crippen LogP) is 2.67. The van der Waals surface area contributed by atoms with E-state index in [1.807, 2.05) is 0 Å². The Bertz CT molecular complexity index is 1130. The van der Waals surface area contributed by atoms with E-state index in [-0.39, 0.29) is 36.0 Å². The van der Waals surface area contributed by atoms with Gasteiger partial charge >= 0.3 is 12.1 Å². The number of hydrogen-bond acceptors (Lipinski definition) is 9. The molecule has 11 heteroatoms. The van der Waals surface area contributed by atoms with Gasteiger partial charge in [-0.2, -0.15) is 10.2 Å². The minimum absolute atomic E-state index is 0.0176. The van der Waals surface area contributed by atoms with Crippen LogP contribution in [0.3, 0.4) is 0 Å². The summed E-state index contributed by atoms with van der Waals surface area (Å²) in [6.45, 7) is 3.07. The number of rotatable bonds is 7. The number of phenolic OH excluding ortho intramolecular Hbond substituents is 1. The summed E-state index contributed by atoms with van der Waals surface area (Å²) in [6, 6.07) is 11.0. The molecule has 0 radical (unpaired) electrons. The van der Waals surface area contributed by atoms with Crippen LogP contribution in [0.4, 0.5) is 10.5 Å². The molecule has 0 atom stereocenters. The molecule has 32 heavy (non-hydrogen) atoms. The van der Waals surface area contributed by atoms with Gasteiger partial charge in [0.25, 0.3) is 5.91 Å². The molecule has 3 rings (SSSR count). The lowest BCUT2D eigenvalue weighted by Crippen LogP contribution is -2.33. The maximum absolute atomic E-state index is 12.5. The zero-order chi connectivity index (χ0) is 23.3. The molecule has 166 valence electrons. The van der Waals surface area contributed by atoms with Crippen molar-refractivity contribution in [2.75, 3.05) is 18.6 Å². The highest BCUT2D eigenvalue weighted by molar-refractivity contribution is 6.68. The van der Waals surface area contributed by atoms with E-state index in [0.717, 1.165) is 5.01 Å². The van der Waals surface area contributed by atoms with Crippen LogP contribution in [0.25, 0.3) is 11.1 Å². The summed E-state index contributed by atoms with van der Waals surface area (Å²) in [5.41, 5.74) is 4.01. The van der Waals surface area contributed by atoms with Crippen molar-refractivity contribution >= 4 is 35.1 Å². The molecule has 0 unspecified atom stereocenters. The van der Waals surface area contributed by atoms with E-state index in [1.165, 1.54) is 12.1 Å². The highest BCUT2D eigenvalue weighted by atomic mass is 16.7. The average Bonchev–Trinajstić information content (AvgIpc) is 2.99. The lowest BCUT2D eigenvalue weighted by Gasteiger charge is -2.11. The number of benzene rings is 2. The van der Waals surface area contributed by atoms with Crippen molar-refractivity contribution in [2.24, 2.45) is 10.2 Å². The largest absolute Gasteiger partial charge is 0.511 e. The van der Waals surface area contributed by atoms with Crippen LogP contribution in [0.2, 0.25) is 0 Å². The molecular weight excluding hydrogens is 420 g/mol. The Hall–Kier alpha value is -4.41. The van der Waals surface area contributed by atoms with E-state index in [0.29, 0.717) is 16.8 Å². The first-order chi connectivity index (χ1) is 15.3. The molecule has 3 N–H and O–H groups in total. The number of carbonyl (C=O) groups excluding carboxylic acids is 2. The predicted molar refractivity (Wildman–Crippen MR) is 115 cm³/mol. The second-order valence-corrected chi connectivity index (χ2v) is 6.52. The molecule has 1 heterocycles. The smallest absolute Gasteiger partial charge is 0.505 e. The normalized spacial score (nSPS) is 14.3. The molecule has 0 aromatic heterocycles. The molecule has 1 aliphatic rings. The number of hydrogen-bond donors (Lipinski definition) is 3. The van der Waals surface area contributed by atoms with Crippen molar-refractivity contribution in [3.8, 4) is 22.6 Å². The number of para-hydroxylation sites is 1. The first kappa shape index (κ1) is 22.3. The van der Waals surface area contributed by atoms with Crippen LogP contribution < -0.4 is 10.2 Å². The number of anilines is 1. The number of ether oxygens (including phenoxy) is 2. The molecular formula is C21H20N4O7. The standard InChI is InChI=1S/C21H20N4O7/c1-3-31-17(26)11-25-20(28)18(12(2)24-25)23-22-16-9-5-8-15(19(16)27)13-6-4-7-14(10-13)32-21(29)30/h4-10,22,27H,3,11H2,1-2H3,(H,29,30). The van der Waals surface area contributed by atoms with E-state index < -0.39 is 18.0 Å². The van der Waals surface area contributed by atoms with E-state index in [1.54, 1.807) is 44.2 Å². The number of nitrogens with zero attached hydrogens (tertiary/aromatic N) is 3. The maximum atomic E-state index is 12.5. The van der Waals surface area contributed by atoms with Gasteiger partial charge in [0.1, 0.15) is 18.0 Å². The molecule has 0 saturated heterocycles.